The number of pyridine rings is 1. The van der Waals surface area contributed by atoms with Crippen molar-refractivity contribution in [2.24, 2.45) is 0 Å². The number of alkyl halides is 3. The van der Waals surface area contributed by atoms with Crippen molar-refractivity contribution in [3.8, 4) is 11.3 Å². The highest BCUT2D eigenvalue weighted by Gasteiger charge is 2.36. The average molecular weight is 410 g/mol. The minimum Gasteiger partial charge on any atom is -0.366 e. The highest BCUT2D eigenvalue weighted by Crippen LogP contribution is 2.39. The van der Waals surface area contributed by atoms with Gasteiger partial charge in [0.15, 0.2) is 0 Å². The van der Waals surface area contributed by atoms with Crippen molar-refractivity contribution in [1.29, 1.82) is 0 Å². The summed E-state index contributed by atoms with van der Waals surface area (Å²) in [5.74, 6) is 0.906. The minimum atomic E-state index is -4.52. The third-order valence-electron chi connectivity index (χ3n) is 4.94. The van der Waals surface area contributed by atoms with Gasteiger partial charge in [0.1, 0.15) is 11.6 Å². The third-order valence-corrected chi connectivity index (χ3v) is 4.94. The van der Waals surface area contributed by atoms with Gasteiger partial charge in [-0.15, -0.1) is 0 Å². The first-order valence-electron chi connectivity index (χ1n) is 10.1. The molecule has 0 unspecified atom stereocenters. The molecule has 0 saturated carbocycles. The van der Waals surface area contributed by atoms with Gasteiger partial charge in [0.2, 0.25) is 0 Å². The molecular weight excluding hydrogens is 379 g/mol. The quantitative estimate of drug-likeness (QED) is 0.637. The van der Waals surface area contributed by atoms with E-state index >= 15 is 0 Å². The standard InChI is InChI=1S/C21H30F3N5/c1-7-13(8-2)26-20-17(10-4)27-19(16(9-3)28-20)14-12-25-18(29(5)6)11-15(14)21(22,23)24/h11-13H,7-10H2,1-6H3,(H,26,28). The van der Waals surface area contributed by atoms with Crippen LogP contribution < -0.4 is 10.2 Å². The Labute approximate surface area is 170 Å². The van der Waals surface area contributed by atoms with Crippen molar-refractivity contribution in [2.75, 3.05) is 24.3 Å². The zero-order valence-corrected chi connectivity index (χ0v) is 18.0. The van der Waals surface area contributed by atoms with Gasteiger partial charge in [-0.05, 0) is 31.7 Å². The van der Waals surface area contributed by atoms with Gasteiger partial charge in [-0.1, -0.05) is 27.7 Å². The fourth-order valence-corrected chi connectivity index (χ4v) is 3.13. The summed E-state index contributed by atoms with van der Waals surface area (Å²) in [5.41, 5.74) is 0.665. The number of nitrogens with one attached hydrogen (secondary N) is 1. The van der Waals surface area contributed by atoms with Crippen LogP contribution in [0.2, 0.25) is 0 Å². The molecule has 0 amide bonds. The number of rotatable bonds is 8. The van der Waals surface area contributed by atoms with Crippen LogP contribution in [0, 0.1) is 0 Å². The van der Waals surface area contributed by atoms with Crippen molar-refractivity contribution < 1.29 is 13.2 Å². The van der Waals surface area contributed by atoms with E-state index < -0.39 is 11.7 Å². The molecule has 0 atom stereocenters. The predicted octanol–water partition coefficient (Wildman–Crippen LogP) is 5.35. The summed E-state index contributed by atoms with van der Waals surface area (Å²) in [6, 6.07) is 1.32. The van der Waals surface area contributed by atoms with Crippen LogP contribution in [0.25, 0.3) is 11.3 Å². The second-order valence-electron chi connectivity index (χ2n) is 7.16. The number of aryl methyl sites for hydroxylation is 2. The molecule has 29 heavy (non-hydrogen) atoms. The highest BCUT2D eigenvalue weighted by atomic mass is 19.4. The van der Waals surface area contributed by atoms with Gasteiger partial charge in [-0.25, -0.2) is 15.0 Å². The Hall–Kier alpha value is -2.38. The SMILES string of the molecule is CCc1nc(-c2cnc(N(C)C)cc2C(F)(F)F)c(CC)nc1NC(CC)CC. The third kappa shape index (κ3) is 5.16. The van der Waals surface area contributed by atoms with Crippen LogP contribution in [0.4, 0.5) is 24.8 Å². The predicted molar refractivity (Wildman–Crippen MR) is 111 cm³/mol. The Morgan fingerprint density at radius 3 is 2.10 bits per heavy atom. The van der Waals surface area contributed by atoms with E-state index in [0.29, 0.717) is 30.0 Å². The molecule has 8 heteroatoms. The number of hydrogen-bond donors (Lipinski definition) is 1. The van der Waals surface area contributed by atoms with Gasteiger partial charge >= 0.3 is 6.18 Å². The molecule has 0 spiro atoms. The molecular formula is C21H30F3N5. The lowest BCUT2D eigenvalue weighted by Crippen LogP contribution is -2.21. The second kappa shape index (κ2) is 9.41. The molecule has 160 valence electrons. The number of nitrogens with zero attached hydrogens (tertiary/aromatic N) is 4. The van der Waals surface area contributed by atoms with Crippen LogP contribution in [0.5, 0.6) is 0 Å². The largest absolute Gasteiger partial charge is 0.417 e. The van der Waals surface area contributed by atoms with E-state index in [2.05, 4.69) is 34.1 Å². The summed E-state index contributed by atoms with van der Waals surface area (Å²) in [7, 11) is 3.32. The number of anilines is 2. The molecule has 0 aliphatic rings. The Balaban J connectivity index is 2.68. The first-order chi connectivity index (χ1) is 13.7. The molecule has 0 fully saturated rings. The lowest BCUT2D eigenvalue weighted by Gasteiger charge is -2.21. The van der Waals surface area contributed by atoms with Gasteiger partial charge in [0.05, 0.1) is 22.6 Å². The number of hydrogen-bond acceptors (Lipinski definition) is 5. The van der Waals surface area contributed by atoms with Crippen molar-refractivity contribution in [1.82, 2.24) is 15.0 Å². The van der Waals surface area contributed by atoms with Gasteiger partial charge in [0.25, 0.3) is 0 Å². The summed E-state index contributed by atoms with van der Waals surface area (Å²) in [4.78, 5) is 15.0. The Kier molecular flexibility index (Phi) is 7.43. The van der Waals surface area contributed by atoms with Crippen molar-refractivity contribution in [2.45, 2.75) is 65.6 Å². The molecule has 2 aromatic rings. The van der Waals surface area contributed by atoms with Gasteiger partial charge in [-0.2, -0.15) is 13.2 Å². The van der Waals surface area contributed by atoms with E-state index in [1.54, 1.807) is 19.0 Å². The fourth-order valence-electron chi connectivity index (χ4n) is 3.13. The zero-order valence-electron chi connectivity index (χ0n) is 18.0. The maximum absolute atomic E-state index is 13.8. The van der Waals surface area contributed by atoms with E-state index in [1.807, 2.05) is 13.8 Å². The van der Waals surface area contributed by atoms with Crippen LogP contribution in [0.3, 0.4) is 0 Å². The normalized spacial score (nSPS) is 11.8. The second-order valence-corrected chi connectivity index (χ2v) is 7.16. The topological polar surface area (TPSA) is 53.9 Å². The molecule has 2 aromatic heterocycles. The Bertz CT molecular complexity index is 830. The van der Waals surface area contributed by atoms with Gasteiger partial charge in [-0.3, -0.25) is 0 Å². The monoisotopic (exact) mass is 409 g/mol. The molecule has 2 rings (SSSR count). The lowest BCUT2D eigenvalue weighted by atomic mass is 10.0. The van der Waals surface area contributed by atoms with E-state index in [4.69, 9.17) is 0 Å². The van der Waals surface area contributed by atoms with E-state index in [1.165, 1.54) is 6.20 Å². The first-order valence-corrected chi connectivity index (χ1v) is 10.1. The van der Waals surface area contributed by atoms with Crippen LogP contribution in [0.1, 0.15) is 57.5 Å². The van der Waals surface area contributed by atoms with E-state index in [-0.39, 0.29) is 23.1 Å². The van der Waals surface area contributed by atoms with Crippen LogP contribution in [-0.4, -0.2) is 35.1 Å². The number of halogens is 3. The Morgan fingerprint density at radius 2 is 1.62 bits per heavy atom. The molecule has 0 radical (unpaired) electrons. The number of aromatic nitrogens is 3. The van der Waals surface area contributed by atoms with Gasteiger partial charge in [0, 0.05) is 31.9 Å². The zero-order chi connectivity index (χ0) is 21.8. The maximum Gasteiger partial charge on any atom is 0.417 e. The molecule has 2 heterocycles. The smallest absolute Gasteiger partial charge is 0.366 e. The maximum atomic E-state index is 13.8. The molecule has 0 bridgehead atoms. The average Bonchev–Trinajstić information content (AvgIpc) is 2.70. The molecule has 1 N–H and O–H groups in total. The summed E-state index contributed by atoms with van der Waals surface area (Å²) in [6.07, 6.45) is -0.367. The fraction of sp³-hybridized carbons (Fsp3) is 0.571. The summed E-state index contributed by atoms with van der Waals surface area (Å²) < 4.78 is 41.5. The van der Waals surface area contributed by atoms with Crippen LogP contribution >= 0.6 is 0 Å². The Morgan fingerprint density at radius 1 is 1.00 bits per heavy atom. The molecule has 0 aliphatic carbocycles. The molecule has 0 aliphatic heterocycles. The highest BCUT2D eigenvalue weighted by molar-refractivity contribution is 5.69. The first kappa shape index (κ1) is 22.9. The van der Waals surface area contributed by atoms with E-state index in [0.717, 1.165) is 18.9 Å². The van der Waals surface area contributed by atoms with Crippen LogP contribution in [0.15, 0.2) is 12.3 Å². The molecule has 0 aromatic carbocycles. The lowest BCUT2D eigenvalue weighted by molar-refractivity contribution is -0.137. The van der Waals surface area contributed by atoms with E-state index in [9.17, 15) is 13.2 Å². The van der Waals surface area contributed by atoms with Crippen molar-refractivity contribution in [3.05, 3.63) is 29.2 Å². The molecule has 0 saturated heterocycles. The van der Waals surface area contributed by atoms with Crippen molar-refractivity contribution in [3.63, 3.8) is 0 Å². The van der Waals surface area contributed by atoms with Crippen LogP contribution in [-0.2, 0) is 19.0 Å². The molecule has 5 nitrogen and oxygen atoms in total. The summed E-state index contributed by atoms with van der Waals surface area (Å²) in [6.45, 7) is 7.97. The van der Waals surface area contributed by atoms with Crippen molar-refractivity contribution >= 4 is 11.6 Å². The summed E-state index contributed by atoms with van der Waals surface area (Å²) in [5, 5.41) is 3.40. The summed E-state index contributed by atoms with van der Waals surface area (Å²) >= 11 is 0. The minimum absolute atomic E-state index is 0.0313. The van der Waals surface area contributed by atoms with Gasteiger partial charge < -0.3 is 10.2 Å².